The third kappa shape index (κ3) is 1.58. The highest BCUT2D eigenvalue weighted by molar-refractivity contribution is 6.03. The SMILES string of the molecule is CCN1C(=O)CN(C)c2cc(C)ccc21. The lowest BCUT2D eigenvalue weighted by molar-refractivity contribution is -0.117. The molecule has 0 N–H and O–H groups in total. The van der Waals surface area contributed by atoms with E-state index in [0.29, 0.717) is 6.54 Å². The Labute approximate surface area is 90.3 Å². The van der Waals surface area contributed by atoms with Gasteiger partial charge in [-0.2, -0.15) is 0 Å². The van der Waals surface area contributed by atoms with Crippen LogP contribution in [0.3, 0.4) is 0 Å². The lowest BCUT2D eigenvalue weighted by atomic mass is 10.1. The number of aryl methyl sites for hydroxylation is 1. The van der Waals surface area contributed by atoms with Crippen molar-refractivity contribution in [3.63, 3.8) is 0 Å². The maximum Gasteiger partial charge on any atom is 0.246 e. The molecule has 0 aliphatic carbocycles. The van der Waals surface area contributed by atoms with Crippen LogP contribution in [0.25, 0.3) is 0 Å². The van der Waals surface area contributed by atoms with Gasteiger partial charge in [0.1, 0.15) is 0 Å². The molecule has 0 unspecified atom stereocenters. The fourth-order valence-electron chi connectivity index (χ4n) is 2.02. The highest BCUT2D eigenvalue weighted by Crippen LogP contribution is 2.33. The number of anilines is 2. The van der Waals surface area contributed by atoms with Gasteiger partial charge in [-0.1, -0.05) is 6.07 Å². The second kappa shape index (κ2) is 3.57. The molecule has 1 aliphatic heterocycles. The van der Waals surface area contributed by atoms with Gasteiger partial charge in [0.25, 0.3) is 0 Å². The van der Waals surface area contributed by atoms with E-state index in [1.165, 1.54) is 5.56 Å². The highest BCUT2D eigenvalue weighted by atomic mass is 16.2. The number of carbonyl (C=O) groups is 1. The zero-order chi connectivity index (χ0) is 11.0. The largest absolute Gasteiger partial charge is 0.364 e. The Bertz CT molecular complexity index is 401. The molecule has 0 saturated carbocycles. The van der Waals surface area contributed by atoms with Gasteiger partial charge in [-0.15, -0.1) is 0 Å². The quantitative estimate of drug-likeness (QED) is 0.696. The Kier molecular flexibility index (Phi) is 2.39. The van der Waals surface area contributed by atoms with Crippen molar-refractivity contribution in [1.29, 1.82) is 0 Å². The summed E-state index contributed by atoms with van der Waals surface area (Å²) in [5.74, 6) is 0.177. The van der Waals surface area contributed by atoms with Gasteiger partial charge in [0.2, 0.25) is 5.91 Å². The lowest BCUT2D eigenvalue weighted by Gasteiger charge is -2.34. The van der Waals surface area contributed by atoms with Crippen molar-refractivity contribution in [2.75, 3.05) is 29.9 Å². The second-order valence-corrected chi connectivity index (χ2v) is 3.99. The van der Waals surface area contributed by atoms with Gasteiger partial charge in [0, 0.05) is 13.6 Å². The minimum Gasteiger partial charge on any atom is -0.364 e. The first-order chi connectivity index (χ1) is 7.13. The van der Waals surface area contributed by atoms with Crippen LogP contribution in [0.4, 0.5) is 11.4 Å². The zero-order valence-electron chi connectivity index (χ0n) is 9.45. The minimum atomic E-state index is 0.177. The van der Waals surface area contributed by atoms with Gasteiger partial charge in [-0.3, -0.25) is 4.79 Å². The van der Waals surface area contributed by atoms with Crippen LogP contribution in [0.2, 0.25) is 0 Å². The molecule has 0 spiro atoms. The van der Waals surface area contributed by atoms with Gasteiger partial charge in [0.05, 0.1) is 17.9 Å². The predicted molar refractivity (Wildman–Crippen MR) is 62.5 cm³/mol. The van der Waals surface area contributed by atoms with Crippen molar-refractivity contribution >= 4 is 17.3 Å². The number of benzene rings is 1. The van der Waals surface area contributed by atoms with Gasteiger partial charge in [0.15, 0.2) is 0 Å². The van der Waals surface area contributed by atoms with Gasteiger partial charge < -0.3 is 9.80 Å². The molecule has 0 atom stereocenters. The maximum atomic E-state index is 11.8. The van der Waals surface area contributed by atoms with Crippen LogP contribution in [0.15, 0.2) is 18.2 Å². The Hall–Kier alpha value is -1.51. The third-order valence-electron chi connectivity index (χ3n) is 2.82. The number of amides is 1. The Morgan fingerprint density at radius 1 is 1.33 bits per heavy atom. The molecule has 3 nitrogen and oxygen atoms in total. The predicted octanol–water partition coefficient (Wildman–Crippen LogP) is 1.80. The first kappa shape index (κ1) is 10.0. The molecule has 0 fully saturated rings. The molecular weight excluding hydrogens is 188 g/mol. The number of hydrogen-bond donors (Lipinski definition) is 0. The van der Waals surface area contributed by atoms with Crippen LogP contribution in [-0.4, -0.2) is 26.0 Å². The number of nitrogens with zero attached hydrogens (tertiary/aromatic N) is 2. The Balaban J connectivity index is 2.53. The summed E-state index contributed by atoms with van der Waals surface area (Å²) in [6.07, 6.45) is 0. The van der Waals surface area contributed by atoms with Crippen LogP contribution >= 0.6 is 0 Å². The molecule has 0 radical (unpaired) electrons. The van der Waals surface area contributed by atoms with E-state index in [0.717, 1.165) is 17.9 Å². The molecule has 3 heteroatoms. The molecule has 1 aromatic carbocycles. The summed E-state index contributed by atoms with van der Waals surface area (Å²) in [4.78, 5) is 15.6. The van der Waals surface area contributed by atoms with E-state index in [4.69, 9.17) is 0 Å². The molecule has 15 heavy (non-hydrogen) atoms. The van der Waals surface area contributed by atoms with Crippen molar-refractivity contribution in [1.82, 2.24) is 0 Å². The molecule has 1 aliphatic rings. The molecule has 80 valence electrons. The van der Waals surface area contributed by atoms with Gasteiger partial charge >= 0.3 is 0 Å². The van der Waals surface area contributed by atoms with Crippen LogP contribution < -0.4 is 9.80 Å². The average molecular weight is 204 g/mol. The normalized spacial score (nSPS) is 15.5. The van der Waals surface area contributed by atoms with E-state index in [-0.39, 0.29) is 5.91 Å². The summed E-state index contributed by atoms with van der Waals surface area (Å²) in [5.41, 5.74) is 3.41. The van der Waals surface area contributed by atoms with Gasteiger partial charge in [-0.05, 0) is 31.5 Å². The smallest absolute Gasteiger partial charge is 0.246 e. The Morgan fingerprint density at radius 3 is 2.73 bits per heavy atom. The molecule has 1 amide bonds. The van der Waals surface area contributed by atoms with E-state index in [2.05, 4.69) is 13.0 Å². The molecule has 0 bridgehead atoms. The summed E-state index contributed by atoms with van der Waals surface area (Å²) in [6, 6.07) is 6.21. The number of rotatable bonds is 1. The van der Waals surface area contributed by atoms with Crippen molar-refractivity contribution < 1.29 is 4.79 Å². The molecular formula is C12H16N2O. The monoisotopic (exact) mass is 204 g/mol. The van der Waals surface area contributed by atoms with Crippen LogP contribution in [0.5, 0.6) is 0 Å². The first-order valence-electron chi connectivity index (χ1n) is 5.25. The summed E-state index contributed by atoms with van der Waals surface area (Å²) in [7, 11) is 1.96. The number of likely N-dealkylation sites (N-methyl/N-ethyl adjacent to an activating group) is 2. The summed E-state index contributed by atoms with van der Waals surface area (Å²) < 4.78 is 0. The summed E-state index contributed by atoms with van der Waals surface area (Å²) in [6.45, 7) is 5.29. The topological polar surface area (TPSA) is 23.6 Å². The maximum absolute atomic E-state index is 11.8. The highest BCUT2D eigenvalue weighted by Gasteiger charge is 2.25. The molecule has 0 aromatic heterocycles. The lowest BCUT2D eigenvalue weighted by Crippen LogP contribution is -2.44. The van der Waals surface area contributed by atoms with Crippen LogP contribution in [0, 0.1) is 6.92 Å². The molecule has 2 rings (SSSR count). The fourth-order valence-corrected chi connectivity index (χ4v) is 2.02. The summed E-state index contributed by atoms with van der Waals surface area (Å²) in [5, 5.41) is 0. The van der Waals surface area contributed by atoms with Crippen molar-refractivity contribution in [3.8, 4) is 0 Å². The average Bonchev–Trinajstić information content (AvgIpc) is 2.19. The van der Waals surface area contributed by atoms with Crippen LogP contribution in [-0.2, 0) is 4.79 Å². The van der Waals surface area contributed by atoms with E-state index >= 15 is 0 Å². The van der Waals surface area contributed by atoms with E-state index in [1.54, 1.807) is 0 Å². The number of carbonyl (C=O) groups excluding carboxylic acids is 1. The Morgan fingerprint density at radius 2 is 2.07 bits per heavy atom. The number of hydrogen-bond acceptors (Lipinski definition) is 2. The van der Waals surface area contributed by atoms with Crippen molar-refractivity contribution in [2.45, 2.75) is 13.8 Å². The fraction of sp³-hybridized carbons (Fsp3) is 0.417. The van der Waals surface area contributed by atoms with E-state index in [1.807, 2.05) is 35.9 Å². The second-order valence-electron chi connectivity index (χ2n) is 3.99. The summed E-state index contributed by atoms with van der Waals surface area (Å²) >= 11 is 0. The molecule has 1 heterocycles. The zero-order valence-corrected chi connectivity index (χ0v) is 9.45. The van der Waals surface area contributed by atoms with Crippen molar-refractivity contribution in [2.24, 2.45) is 0 Å². The van der Waals surface area contributed by atoms with E-state index in [9.17, 15) is 4.79 Å². The minimum absolute atomic E-state index is 0.177. The molecule has 0 saturated heterocycles. The van der Waals surface area contributed by atoms with Gasteiger partial charge in [-0.25, -0.2) is 0 Å². The molecule has 1 aromatic rings. The van der Waals surface area contributed by atoms with Crippen molar-refractivity contribution in [3.05, 3.63) is 23.8 Å². The standard InChI is InChI=1S/C12H16N2O/c1-4-14-10-6-5-9(2)7-11(10)13(3)8-12(14)15/h5-7H,4,8H2,1-3H3. The van der Waals surface area contributed by atoms with Crippen LogP contribution in [0.1, 0.15) is 12.5 Å². The first-order valence-corrected chi connectivity index (χ1v) is 5.25. The third-order valence-corrected chi connectivity index (χ3v) is 2.82. The number of fused-ring (bicyclic) bond motifs is 1. The van der Waals surface area contributed by atoms with E-state index < -0.39 is 0 Å².